The van der Waals surface area contributed by atoms with Crippen LogP contribution in [0, 0.1) is 10.1 Å². The van der Waals surface area contributed by atoms with Gasteiger partial charge in [0.05, 0.1) is 15.5 Å². The smallest absolute Gasteiger partial charge is 0.292 e. The van der Waals surface area contributed by atoms with E-state index in [0.717, 1.165) is 11.3 Å². The molecule has 0 radical (unpaired) electrons. The van der Waals surface area contributed by atoms with E-state index in [-0.39, 0.29) is 16.5 Å². The predicted octanol–water partition coefficient (Wildman–Crippen LogP) is 4.82. The number of nitro benzene ring substituents is 1. The van der Waals surface area contributed by atoms with Crippen LogP contribution in [0.25, 0.3) is 0 Å². The van der Waals surface area contributed by atoms with Crippen LogP contribution >= 0.6 is 11.6 Å². The molecular weight excluding hydrogens is 428 g/mol. The van der Waals surface area contributed by atoms with Gasteiger partial charge in [-0.3, -0.25) is 14.9 Å². The van der Waals surface area contributed by atoms with Gasteiger partial charge >= 0.3 is 0 Å². The van der Waals surface area contributed by atoms with Crippen molar-refractivity contribution in [3.63, 3.8) is 0 Å². The molecule has 0 unspecified atom stereocenters. The van der Waals surface area contributed by atoms with E-state index in [0.29, 0.717) is 49.0 Å². The Balaban J connectivity index is 1.45. The first-order chi connectivity index (χ1) is 15.5. The van der Waals surface area contributed by atoms with Crippen molar-refractivity contribution < 1.29 is 9.72 Å². The van der Waals surface area contributed by atoms with E-state index in [1.807, 2.05) is 36.4 Å². The third-order valence-corrected chi connectivity index (χ3v) is 5.87. The molecule has 1 aliphatic heterocycles. The molecular formula is C24H23ClN4O3. The zero-order valence-electron chi connectivity index (χ0n) is 17.4. The normalized spacial score (nSPS) is 13.7. The molecule has 1 heterocycles. The van der Waals surface area contributed by atoms with E-state index in [1.165, 1.54) is 6.07 Å². The molecule has 0 atom stereocenters. The molecule has 164 valence electrons. The Bertz CT molecular complexity index is 1120. The minimum absolute atomic E-state index is 0.0391. The fourth-order valence-electron chi connectivity index (χ4n) is 3.79. The van der Waals surface area contributed by atoms with Crippen LogP contribution in [0.2, 0.25) is 5.02 Å². The summed E-state index contributed by atoms with van der Waals surface area (Å²) in [5.74, 6) is -0.0795. The van der Waals surface area contributed by atoms with Crippen molar-refractivity contribution in [2.45, 2.75) is 6.54 Å². The third-order valence-electron chi connectivity index (χ3n) is 5.54. The fourth-order valence-corrected chi connectivity index (χ4v) is 4.00. The number of hydrogen-bond acceptors (Lipinski definition) is 5. The maximum atomic E-state index is 12.8. The quantitative estimate of drug-likeness (QED) is 0.430. The molecule has 4 rings (SSSR count). The number of amides is 1. The maximum Gasteiger partial charge on any atom is 0.292 e. The van der Waals surface area contributed by atoms with Crippen LogP contribution in [0.5, 0.6) is 0 Å². The summed E-state index contributed by atoms with van der Waals surface area (Å²) < 4.78 is 0. The van der Waals surface area contributed by atoms with Gasteiger partial charge in [-0.15, -0.1) is 0 Å². The van der Waals surface area contributed by atoms with Crippen molar-refractivity contribution in [2.24, 2.45) is 0 Å². The number of halogens is 1. The van der Waals surface area contributed by atoms with Gasteiger partial charge in [-0.1, -0.05) is 54.1 Å². The second kappa shape index (κ2) is 9.70. The molecule has 0 saturated carbocycles. The van der Waals surface area contributed by atoms with Gasteiger partial charge in [0, 0.05) is 44.5 Å². The lowest BCUT2D eigenvalue weighted by atomic mass is 10.1. The first kappa shape index (κ1) is 21.6. The number of piperazine rings is 1. The minimum Gasteiger partial charge on any atom is -0.375 e. The first-order valence-corrected chi connectivity index (χ1v) is 10.8. The molecule has 1 amide bonds. The Hall–Kier alpha value is -3.58. The molecule has 3 aromatic carbocycles. The lowest BCUT2D eigenvalue weighted by molar-refractivity contribution is -0.384. The van der Waals surface area contributed by atoms with Crippen molar-refractivity contribution in [1.29, 1.82) is 0 Å². The van der Waals surface area contributed by atoms with Gasteiger partial charge in [-0.05, 0) is 29.8 Å². The van der Waals surface area contributed by atoms with Gasteiger partial charge in [-0.25, -0.2) is 0 Å². The molecule has 0 aromatic heterocycles. The lowest BCUT2D eigenvalue weighted by Gasteiger charge is -2.36. The van der Waals surface area contributed by atoms with E-state index in [4.69, 9.17) is 11.6 Å². The summed E-state index contributed by atoms with van der Waals surface area (Å²) in [6.07, 6.45) is 0. The zero-order valence-corrected chi connectivity index (χ0v) is 18.2. The molecule has 0 aliphatic carbocycles. The topological polar surface area (TPSA) is 78.7 Å². The molecule has 1 N–H and O–H groups in total. The number of carbonyl (C=O) groups excluding carboxylic acids is 1. The van der Waals surface area contributed by atoms with Crippen LogP contribution in [-0.2, 0) is 6.54 Å². The predicted molar refractivity (Wildman–Crippen MR) is 126 cm³/mol. The average Bonchev–Trinajstić information content (AvgIpc) is 2.83. The zero-order chi connectivity index (χ0) is 22.5. The lowest BCUT2D eigenvalue weighted by Crippen LogP contribution is -2.48. The molecule has 8 heteroatoms. The molecule has 7 nitrogen and oxygen atoms in total. The number of nitrogens with zero attached hydrogens (tertiary/aromatic N) is 3. The molecule has 0 bridgehead atoms. The van der Waals surface area contributed by atoms with Gasteiger partial charge in [0.15, 0.2) is 0 Å². The number of rotatable bonds is 6. The summed E-state index contributed by atoms with van der Waals surface area (Å²) in [5, 5.41) is 15.1. The van der Waals surface area contributed by atoms with Crippen LogP contribution in [0.15, 0.2) is 72.8 Å². The highest BCUT2D eigenvalue weighted by molar-refractivity contribution is 6.33. The van der Waals surface area contributed by atoms with Crippen molar-refractivity contribution in [2.75, 3.05) is 36.4 Å². The van der Waals surface area contributed by atoms with Crippen molar-refractivity contribution in [3.05, 3.63) is 99.1 Å². The van der Waals surface area contributed by atoms with Crippen LogP contribution < -0.4 is 10.2 Å². The highest BCUT2D eigenvalue weighted by atomic mass is 35.5. The van der Waals surface area contributed by atoms with E-state index >= 15 is 0 Å². The minimum atomic E-state index is -0.378. The number of nitro groups is 1. The molecule has 1 aliphatic rings. The maximum absolute atomic E-state index is 12.8. The average molecular weight is 451 g/mol. The second-order valence-corrected chi connectivity index (χ2v) is 7.96. The molecule has 1 fully saturated rings. The third kappa shape index (κ3) is 4.84. The van der Waals surface area contributed by atoms with Gasteiger partial charge < -0.3 is 15.1 Å². The number of anilines is 2. The Kier molecular flexibility index (Phi) is 6.56. The highest BCUT2D eigenvalue weighted by Crippen LogP contribution is 2.31. The van der Waals surface area contributed by atoms with Gasteiger partial charge in [-0.2, -0.15) is 0 Å². The Labute approximate surface area is 191 Å². The van der Waals surface area contributed by atoms with E-state index in [2.05, 4.69) is 10.2 Å². The molecule has 3 aromatic rings. The van der Waals surface area contributed by atoms with Gasteiger partial charge in [0.2, 0.25) is 0 Å². The van der Waals surface area contributed by atoms with Crippen LogP contribution in [0.1, 0.15) is 15.9 Å². The van der Waals surface area contributed by atoms with Gasteiger partial charge in [0.25, 0.3) is 11.6 Å². The number of nitrogens with one attached hydrogen (secondary N) is 1. The number of carbonyl (C=O) groups is 1. The summed E-state index contributed by atoms with van der Waals surface area (Å²) in [6.45, 7) is 2.85. The standard InChI is InChI=1S/C24H23ClN4O3/c25-21-9-5-4-8-20(21)24(30)28-14-12-27(13-15-28)19-10-11-23(29(31)32)22(16-19)26-17-18-6-2-1-3-7-18/h1-11,16,26H,12-15,17H2. The van der Waals surface area contributed by atoms with Crippen LogP contribution in [-0.4, -0.2) is 41.9 Å². The highest BCUT2D eigenvalue weighted by Gasteiger charge is 2.25. The Morgan fingerprint density at radius 3 is 2.34 bits per heavy atom. The molecule has 1 saturated heterocycles. The summed E-state index contributed by atoms with van der Waals surface area (Å²) in [7, 11) is 0. The number of benzene rings is 3. The Morgan fingerprint density at radius 2 is 1.66 bits per heavy atom. The van der Waals surface area contributed by atoms with Gasteiger partial charge in [0.1, 0.15) is 5.69 Å². The Morgan fingerprint density at radius 1 is 0.969 bits per heavy atom. The van der Waals surface area contributed by atoms with Crippen molar-refractivity contribution in [3.8, 4) is 0 Å². The summed E-state index contributed by atoms with van der Waals surface area (Å²) in [4.78, 5) is 27.8. The van der Waals surface area contributed by atoms with Crippen molar-refractivity contribution in [1.82, 2.24) is 4.90 Å². The fraction of sp³-hybridized carbons (Fsp3) is 0.208. The van der Waals surface area contributed by atoms with Crippen molar-refractivity contribution >= 4 is 34.6 Å². The van der Waals surface area contributed by atoms with E-state index in [9.17, 15) is 14.9 Å². The van der Waals surface area contributed by atoms with Crippen LogP contribution in [0.4, 0.5) is 17.1 Å². The van der Waals surface area contributed by atoms with E-state index in [1.54, 1.807) is 35.2 Å². The SMILES string of the molecule is O=C(c1ccccc1Cl)N1CCN(c2ccc([N+](=O)[O-])c(NCc3ccccc3)c2)CC1. The summed E-state index contributed by atoms with van der Waals surface area (Å²) >= 11 is 6.17. The molecule has 0 spiro atoms. The number of hydrogen-bond donors (Lipinski definition) is 1. The van der Waals surface area contributed by atoms with E-state index < -0.39 is 0 Å². The first-order valence-electron chi connectivity index (χ1n) is 10.4. The monoisotopic (exact) mass is 450 g/mol. The summed E-state index contributed by atoms with van der Waals surface area (Å²) in [6, 6.07) is 21.9. The largest absolute Gasteiger partial charge is 0.375 e. The van der Waals surface area contributed by atoms with Crippen LogP contribution in [0.3, 0.4) is 0 Å². The summed E-state index contributed by atoms with van der Waals surface area (Å²) in [5.41, 5.74) is 2.95. The second-order valence-electron chi connectivity index (χ2n) is 7.56. The molecule has 32 heavy (non-hydrogen) atoms.